The van der Waals surface area contributed by atoms with Crippen LogP contribution in [0, 0.1) is 0 Å². The smallest absolute Gasteiger partial charge is 0.462 e. The summed E-state index contributed by atoms with van der Waals surface area (Å²) in [6.07, 6.45) is 35.2. The third-order valence-electron chi connectivity index (χ3n) is 7.88. The molecular weight excluding hydrogens is 657 g/mol. The first-order chi connectivity index (χ1) is 24.2. The minimum Gasteiger partial charge on any atom is -0.462 e. The van der Waals surface area contributed by atoms with Gasteiger partial charge in [0, 0.05) is 19.4 Å². The lowest BCUT2D eigenvalue weighted by molar-refractivity contribution is -0.161. The molecule has 0 radical (unpaired) electrons. The van der Waals surface area contributed by atoms with Gasteiger partial charge in [-0.2, -0.15) is 0 Å². The molecule has 0 aromatic carbocycles. The lowest BCUT2D eigenvalue weighted by Gasteiger charge is -2.19. The average Bonchev–Trinajstić information content (AvgIpc) is 3.10. The number of rotatable bonds is 35. The largest absolute Gasteiger partial charge is 0.472 e. The van der Waals surface area contributed by atoms with Gasteiger partial charge >= 0.3 is 19.8 Å². The maximum atomic E-state index is 12.5. The zero-order chi connectivity index (χ0) is 37.0. The van der Waals surface area contributed by atoms with Crippen molar-refractivity contribution in [2.24, 2.45) is 5.73 Å². The minimum atomic E-state index is -4.39. The zero-order valence-corrected chi connectivity index (χ0v) is 32.1. The van der Waals surface area contributed by atoms with Crippen LogP contribution in [-0.2, 0) is 32.7 Å². The number of carbonyl (C=O) groups is 2. The summed E-state index contributed by atoms with van der Waals surface area (Å²) >= 11 is 0. The van der Waals surface area contributed by atoms with Gasteiger partial charge in [0.15, 0.2) is 6.10 Å². The number of allylic oxidation sites excluding steroid dienone is 8. The molecule has 0 spiro atoms. The Hall–Kier alpha value is -2.07. The fraction of sp³-hybridized carbons (Fsp3) is 0.744. The molecule has 1 unspecified atom stereocenters. The van der Waals surface area contributed by atoms with E-state index in [2.05, 4.69) is 49.5 Å². The van der Waals surface area contributed by atoms with Crippen molar-refractivity contribution in [3.63, 3.8) is 0 Å². The van der Waals surface area contributed by atoms with Crippen molar-refractivity contribution in [3.8, 4) is 0 Å². The molecule has 0 aromatic rings. The van der Waals surface area contributed by atoms with Gasteiger partial charge in [0.05, 0.1) is 19.3 Å². The van der Waals surface area contributed by atoms with E-state index in [0.717, 1.165) is 64.2 Å². The second-order valence-electron chi connectivity index (χ2n) is 12.6. The van der Waals surface area contributed by atoms with E-state index in [0.29, 0.717) is 12.8 Å². The first kappa shape index (κ1) is 47.9. The maximum absolute atomic E-state index is 12.5. The third-order valence-corrected chi connectivity index (χ3v) is 8.87. The number of nitrogens with two attached hydrogens (primary N) is 1. The Kier molecular flexibility index (Phi) is 33.9. The van der Waals surface area contributed by atoms with Crippen LogP contribution in [0.25, 0.3) is 0 Å². The van der Waals surface area contributed by atoms with E-state index in [9.17, 15) is 24.2 Å². The number of carbonyl (C=O) groups excluding carboxylic acids is 2. The van der Waals surface area contributed by atoms with Gasteiger partial charge in [-0.25, -0.2) is 4.57 Å². The van der Waals surface area contributed by atoms with Crippen molar-refractivity contribution in [2.45, 2.75) is 161 Å². The topological polar surface area (TPSA) is 155 Å². The van der Waals surface area contributed by atoms with Crippen molar-refractivity contribution < 1.29 is 42.7 Å². The Morgan fingerprint density at radius 1 is 0.680 bits per heavy atom. The summed E-state index contributed by atoms with van der Waals surface area (Å²) < 4.78 is 32.5. The molecule has 0 bridgehead atoms. The predicted molar refractivity (Wildman–Crippen MR) is 202 cm³/mol. The Morgan fingerprint density at radius 2 is 1.20 bits per heavy atom. The summed E-state index contributed by atoms with van der Waals surface area (Å²) in [5.41, 5.74) is 5.32. The van der Waals surface area contributed by atoms with Gasteiger partial charge in [-0.05, 0) is 57.8 Å². The third kappa shape index (κ3) is 34.4. The normalized spacial score (nSPS) is 14.6. The lowest BCUT2D eigenvalue weighted by atomic mass is 10.1. The molecule has 0 aliphatic carbocycles. The van der Waals surface area contributed by atoms with Crippen LogP contribution in [-0.4, -0.2) is 60.5 Å². The Morgan fingerprint density at radius 3 is 1.76 bits per heavy atom. The Bertz CT molecular complexity index is 983. The van der Waals surface area contributed by atoms with Crippen LogP contribution >= 0.6 is 7.82 Å². The summed E-state index contributed by atoms with van der Waals surface area (Å²) in [7, 11) is -4.39. The number of phosphoric ester groups is 1. The molecule has 0 aliphatic heterocycles. The molecule has 0 saturated heterocycles. The summed E-state index contributed by atoms with van der Waals surface area (Å²) in [4.78, 5) is 34.6. The monoisotopic (exact) mass is 727 g/mol. The SMILES string of the molecule is CCCCCCCCCCCCCC(=O)O[C@H](COC(=O)CCC/C=C\C/C=C\C/C=C\C/C=C\CC[C@@H](O)CC)COP(=O)(O)OCCN. The molecule has 0 rings (SSSR count). The first-order valence-corrected chi connectivity index (χ1v) is 20.7. The summed E-state index contributed by atoms with van der Waals surface area (Å²) in [5.74, 6) is -0.916. The number of ether oxygens (including phenoxy) is 2. The number of hydrogen-bond donors (Lipinski definition) is 3. The molecule has 0 saturated carbocycles. The number of phosphoric acid groups is 1. The van der Waals surface area contributed by atoms with Crippen molar-refractivity contribution >= 4 is 19.8 Å². The number of aliphatic hydroxyl groups is 1. The van der Waals surface area contributed by atoms with E-state index in [1.54, 1.807) is 0 Å². The molecule has 50 heavy (non-hydrogen) atoms. The Labute approximate surface area is 303 Å². The molecule has 4 N–H and O–H groups in total. The van der Waals surface area contributed by atoms with Crippen LogP contribution in [0.2, 0.25) is 0 Å². The molecule has 0 amide bonds. The minimum absolute atomic E-state index is 0.0401. The molecule has 10 nitrogen and oxygen atoms in total. The van der Waals surface area contributed by atoms with Gasteiger partial charge in [0.2, 0.25) is 0 Å². The highest BCUT2D eigenvalue weighted by atomic mass is 31.2. The van der Waals surface area contributed by atoms with Crippen molar-refractivity contribution in [3.05, 3.63) is 48.6 Å². The highest BCUT2D eigenvalue weighted by Gasteiger charge is 2.25. The standard InChI is InChI=1S/C39H70NO9P/c1-3-5-6-7-8-9-14-19-22-25-28-31-39(43)49-37(35-48-50(44,45)47-33-32-40)34-46-38(42)30-27-24-21-18-16-13-11-10-12-15-17-20-23-26-29-36(41)4-2/h11-13,15,18,20-21,23,36-37,41H,3-10,14,16-17,19,22,24-35,40H2,1-2H3,(H,44,45)/b13-11-,15-12-,21-18-,23-20-/t36-,37+/m0/s1. The molecule has 0 aliphatic rings. The molecule has 290 valence electrons. The fourth-order valence-electron chi connectivity index (χ4n) is 4.84. The Balaban J connectivity index is 4.32. The second kappa shape index (κ2) is 35.3. The van der Waals surface area contributed by atoms with Gasteiger partial charge in [-0.15, -0.1) is 0 Å². The van der Waals surface area contributed by atoms with Crippen LogP contribution in [0.3, 0.4) is 0 Å². The number of unbranched alkanes of at least 4 members (excludes halogenated alkanes) is 11. The molecular formula is C39H70NO9P. The average molecular weight is 728 g/mol. The maximum Gasteiger partial charge on any atom is 0.472 e. The van der Waals surface area contributed by atoms with Gasteiger partial charge in [0.25, 0.3) is 0 Å². The molecule has 0 fully saturated rings. The zero-order valence-electron chi connectivity index (χ0n) is 31.2. The van der Waals surface area contributed by atoms with Crippen LogP contribution in [0.5, 0.6) is 0 Å². The number of hydrogen-bond acceptors (Lipinski definition) is 9. The van der Waals surface area contributed by atoms with E-state index in [-0.39, 0.29) is 38.7 Å². The van der Waals surface area contributed by atoms with Crippen molar-refractivity contribution in [1.82, 2.24) is 0 Å². The van der Waals surface area contributed by atoms with Crippen molar-refractivity contribution in [1.29, 1.82) is 0 Å². The summed E-state index contributed by atoms with van der Waals surface area (Å²) in [6, 6.07) is 0. The van der Waals surface area contributed by atoms with E-state index in [1.165, 1.54) is 44.9 Å². The number of aliphatic hydroxyl groups excluding tert-OH is 1. The van der Waals surface area contributed by atoms with E-state index >= 15 is 0 Å². The molecule has 0 heterocycles. The van der Waals surface area contributed by atoms with Gasteiger partial charge in [-0.3, -0.25) is 18.6 Å². The second-order valence-corrected chi connectivity index (χ2v) is 14.0. The van der Waals surface area contributed by atoms with Crippen molar-refractivity contribution in [2.75, 3.05) is 26.4 Å². The molecule has 11 heteroatoms. The van der Waals surface area contributed by atoms with E-state index < -0.39 is 32.5 Å². The quantitative estimate of drug-likeness (QED) is 0.0249. The van der Waals surface area contributed by atoms with Crippen LogP contribution in [0.15, 0.2) is 48.6 Å². The highest BCUT2D eigenvalue weighted by molar-refractivity contribution is 7.47. The van der Waals surface area contributed by atoms with E-state index in [4.69, 9.17) is 24.3 Å². The predicted octanol–water partition coefficient (Wildman–Crippen LogP) is 9.35. The summed E-state index contributed by atoms with van der Waals surface area (Å²) in [6.45, 7) is 3.35. The van der Waals surface area contributed by atoms with Gasteiger partial charge < -0.3 is 25.2 Å². The lowest BCUT2D eigenvalue weighted by Crippen LogP contribution is -2.29. The van der Waals surface area contributed by atoms with Gasteiger partial charge in [-0.1, -0.05) is 127 Å². The van der Waals surface area contributed by atoms with Crippen LogP contribution in [0.1, 0.15) is 149 Å². The van der Waals surface area contributed by atoms with Crippen LogP contribution < -0.4 is 5.73 Å². The fourth-order valence-corrected chi connectivity index (χ4v) is 5.61. The van der Waals surface area contributed by atoms with E-state index in [1.807, 2.05) is 13.0 Å². The van der Waals surface area contributed by atoms with Crippen LogP contribution in [0.4, 0.5) is 0 Å². The first-order valence-electron chi connectivity index (χ1n) is 19.2. The van der Waals surface area contributed by atoms with Gasteiger partial charge in [0.1, 0.15) is 6.61 Å². The molecule has 3 atom stereocenters. The highest BCUT2D eigenvalue weighted by Crippen LogP contribution is 2.43. The number of esters is 2. The molecule has 0 aromatic heterocycles. The summed E-state index contributed by atoms with van der Waals surface area (Å²) in [5, 5.41) is 9.54.